The predicted octanol–water partition coefficient (Wildman–Crippen LogP) is 3.63. The molecule has 0 atom stereocenters. The first kappa shape index (κ1) is 11.1. The standard InChI is InChI=1S/C9H9ClN2.C2H6/c1-6-7(2)12-4-3-8(10)5-9(12)11-6;1-2/h3-5H,1-2H3;1-2H3. The number of hydrogen-bond donors (Lipinski definition) is 0. The fourth-order valence-electron chi connectivity index (χ4n) is 1.26. The van der Waals surface area contributed by atoms with Crippen molar-refractivity contribution in [2.24, 2.45) is 0 Å². The van der Waals surface area contributed by atoms with Crippen LogP contribution in [0.4, 0.5) is 0 Å². The summed E-state index contributed by atoms with van der Waals surface area (Å²) in [6.45, 7) is 8.04. The molecule has 2 rings (SSSR count). The molecule has 0 saturated carbocycles. The van der Waals surface area contributed by atoms with Gasteiger partial charge in [0.25, 0.3) is 0 Å². The van der Waals surface area contributed by atoms with Gasteiger partial charge in [0.1, 0.15) is 5.65 Å². The summed E-state index contributed by atoms with van der Waals surface area (Å²) in [6.07, 6.45) is 1.94. The van der Waals surface area contributed by atoms with Gasteiger partial charge in [-0.05, 0) is 19.9 Å². The van der Waals surface area contributed by atoms with E-state index in [-0.39, 0.29) is 0 Å². The van der Waals surface area contributed by atoms with Crippen LogP contribution in [0.5, 0.6) is 0 Å². The highest BCUT2D eigenvalue weighted by atomic mass is 35.5. The molecule has 76 valence electrons. The molecule has 0 aliphatic rings. The molecule has 0 radical (unpaired) electrons. The summed E-state index contributed by atoms with van der Waals surface area (Å²) < 4.78 is 2.03. The van der Waals surface area contributed by atoms with Crippen molar-refractivity contribution in [3.8, 4) is 0 Å². The van der Waals surface area contributed by atoms with Gasteiger partial charge in [-0.25, -0.2) is 4.98 Å². The second kappa shape index (κ2) is 4.47. The van der Waals surface area contributed by atoms with Gasteiger partial charge in [-0.15, -0.1) is 0 Å². The van der Waals surface area contributed by atoms with E-state index in [1.165, 1.54) is 5.69 Å². The third-order valence-corrected chi connectivity index (χ3v) is 2.30. The van der Waals surface area contributed by atoms with Crippen LogP contribution in [0.3, 0.4) is 0 Å². The molecule has 2 heterocycles. The van der Waals surface area contributed by atoms with Gasteiger partial charge < -0.3 is 4.40 Å². The summed E-state index contributed by atoms with van der Waals surface area (Å²) in [5, 5.41) is 0.729. The second-order valence-corrected chi connectivity index (χ2v) is 3.29. The number of rotatable bonds is 0. The number of fused-ring (bicyclic) bond motifs is 1. The van der Waals surface area contributed by atoms with E-state index in [4.69, 9.17) is 11.6 Å². The average Bonchev–Trinajstić information content (AvgIpc) is 2.45. The first-order valence-corrected chi connectivity index (χ1v) is 5.17. The Morgan fingerprint density at radius 1 is 1.29 bits per heavy atom. The molecular weight excluding hydrogens is 196 g/mol. The Hall–Kier alpha value is -1.02. The number of aryl methyl sites for hydroxylation is 2. The van der Waals surface area contributed by atoms with E-state index in [1.807, 2.05) is 50.4 Å². The fourth-order valence-corrected chi connectivity index (χ4v) is 1.41. The molecule has 0 fully saturated rings. The average molecular weight is 211 g/mol. The first-order valence-electron chi connectivity index (χ1n) is 4.79. The molecule has 0 bridgehead atoms. The van der Waals surface area contributed by atoms with Crippen LogP contribution in [0.25, 0.3) is 5.65 Å². The maximum absolute atomic E-state index is 5.83. The molecular formula is C11H15ClN2. The number of pyridine rings is 1. The van der Waals surface area contributed by atoms with Gasteiger partial charge in [0, 0.05) is 23.0 Å². The molecule has 2 nitrogen and oxygen atoms in total. The van der Waals surface area contributed by atoms with Crippen LogP contribution >= 0.6 is 11.6 Å². The molecule has 2 aromatic heterocycles. The Labute approximate surface area is 89.5 Å². The van der Waals surface area contributed by atoms with Crippen LogP contribution in [0.15, 0.2) is 18.3 Å². The fraction of sp³-hybridized carbons (Fsp3) is 0.364. The number of nitrogens with zero attached hydrogens (tertiary/aromatic N) is 2. The highest BCUT2D eigenvalue weighted by Crippen LogP contribution is 2.15. The lowest BCUT2D eigenvalue weighted by atomic mass is 10.4. The summed E-state index contributed by atoms with van der Waals surface area (Å²) in [4.78, 5) is 4.35. The third kappa shape index (κ3) is 1.90. The summed E-state index contributed by atoms with van der Waals surface area (Å²) in [5.74, 6) is 0. The lowest BCUT2D eigenvalue weighted by Crippen LogP contribution is -1.85. The highest BCUT2D eigenvalue weighted by molar-refractivity contribution is 6.30. The van der Waals surface area contributed by atoms with E-state index in [2.05, 4.69) is 4.98 Å². The Morgan fingerprint density at radius 2 is 1.93 bits per heavy atom. The van der Waals surface area contributed by atoms with Crippen LogP contribution in [-0.4, -0.2) is 9.38 Å². The molecule has 0 spiro atoms. The van der Waals surface area contributed by atoms with Crippen molar-refractivity contribution in [1.29, 1.82) is 0 Å². The van der Waals surface area contributed by atoms with Crippen molar-refractivity contribution in [2.75, 3.05) is 0 Å². The van der Waals surface area contributed by atoms with Gasteiger partial charge in [0.05, 0.1) is 5.69 Å². The zero-order chi connectivity index (χ0) is 10.7. The van der Waals surface area contributed by atoms with Crippen molar-refractivity contribution in [3.63, 3.8) is 0 Å². The highest BCUT2D eigenvalue weighted by Gasteiger charge is 2.02. The largest absolute Gasteiger partial charge is 0.304 e. The van der Waals surface area contributed by atoms with E-state index in [1.54, 1.807) is 0 Å². The monoisotopic (exact) mass is 210 g/mol. The minimum Gasteiger partial charge on any atom is -0.304 e. The minimum atomic E-state index is 0.729. The van der Waals surface area contributed by atoms with Crippen molar-refractivity contribution in [2.45, 2.75) is 27.7 Å². The number of hydrogen-bond acceptors (Lipinski definition) is 1. The Balaban J connectivity index is 0.000000461. The van der Waals surface area contributed by atoms with Gasteiger partial charge in [0.15, 0.2) is 0 Å². The van der Waals surface area contributed by atoms with E-state index in [0.29, 0.717) is 0 Å². The minimum absolute atomic E-state index is 0.729. The van der Waals surface area contributed by atoms with Gasteiger partial charge in [-0.1, -0.05) is 25.4 Å². The number of aromatic nitrogens is 2. The van der Waals surface area contributed by atoms with Crippen LogP contribution < -0.4 is 0 Å². The maximum atomic E-state index is 5.83. The number of halogens is 1. The molecule has 0 amide bonds. The molecule has 0 aliphatic heterocycles. The first-order chi connectivity index (χ1) is 6.68. The second-order valence-electron chi connectivity index (χ2n) is 2.86. The summed E-state index contributed by atoms with van der Waals surface area (Å²) in [5.41, 5.74) is 3.14. The third-order valence-electron chi connectivity index (χ3n) is 2.06. The van der Waals surface area contributed by atoms with E-state index in [9.17, 15) is 0 Å². The molecule has 2 aromatic rings. The molecule has 0 aliphatic carbocycles. The molecule has 0 saturated heterocycles. The van der Waals surface area contributed by atoms with Gasteiger partial charge >= 0.3 is 0 Å². The Morgan fingerprint density at radius 3 is 2.57 bits per heavy atom. The Bertz CT molecular complexity index is 432. The van der Waals surface area contributed by atoms with Crippen LogP contribution in [0, 0.1) is 13.8 Å². The molecule has 0 aromatic carbocycles. The van der Waals surface area contributed by atoms with E-state index >= 15 is 0 Å². The SMILES string of the molecule is CC.Cc1nc2cc(Cl)ccn2c1C. The van der Waals surface area contributed by atoms with Crippen molar-refractivity contribution in [3.05, 3.63) is 34.7 Å². The maximum Gasteiger partial charge on any atom is 0.138 e. The summed E-state index contributed by atoms with van der Waals surface area (Å²) >= 11 is 5.83. The van der Waals surface area contributed by atoms with Crippen molar-refractivity contribution in [1.82, 2.24) is 9.38 Å². The number of imidazole rings is 1. The lowest BCUT2D eigenvalue weighted by molar-refractivity contribution is 1.09. The Kier molecular flexibility index (Phi) is 3.53. The molecule has 14 heavy (non-hydrogen) atoms. The molecule has 3 heteroatoms. The van der Waals surface area contributed by atoms with Gasteiger partial charge in [0.2, 0.25) is 0 Å². The summed E-state index contributed by atoms with van der Waals surface area (Å²) in [6, 6.07) is 3.73. The topological polar surface area (TPSA) is 17.3 Å². The molecule has 0 N–H and O–H groups in total. The zero-order valence-corrected chi connectivity index (χ0v) is 9.76. The van der Waals surface area contributed by atoms with Crippen molar-refractivity contribution >= 4 is 17.2 Å². The smallest absolute Gasteiger partial charge is 0.138 e. The lowest BCUT2D eigenvalue weighted by Gasteiger charge is -1.95. The normalized spacial score (nSPS) is 9.79. The van der Waals surface area contributed by atoms with Crippen LogP contribution in [-0.2, 0) is 0 Å². The van der Waals surface area contributed by atoms with Crippen LogP contribution in [0.1, 0.15) is 25.2 Å². The zero-order valence-electron chi connectivity index (χ0n) is 9.00. The van der Waals surface area contributed by atoms with Gasteiger partial charge in [-0.2, -0.15) is 0 Å². The van der Waals surface area contributed by atoms with E-state index < -0.39 is 0 Å². The quantitative estimate of drug-likeness (QED) is 0.649. The van der Waals surface area contributed by atoms with E-state index in [0.717, 1.165) is 16.4 Å². The van der Waals surface area contributed by atoms with Crippen molar-refractivity contribution < 1.29 is 0 Å². The molecule has 0 unspecified atom stereocenters. The summed E-state index contributed by atoms with van der Waals surface area (Å²) in [7, 11) is 0. The predicted molar refractivity (Wildman–Crippen MR) is 61.0 cm³/mol. The van der Waals surface area contributed by atoms with Gasteiger partial charge in [-0.3, -0.25) is 0 Å². The van der Waals surface area contributed by atoms with Crippen LogP contribution in [0.2, 0.25) is 5.02 Å².